The van der Waals surface area contributed by atoms with Crippen LogP contribution in [0.5, 0.6) is 0 Å². The van der Waals surface area contributed by atoms with Gasteiger partial charge in [-0.1, -0.05) is 24.6 Å². The predicted octanol–water partition coefficient (Wildman–Crippen LogP) is 3.59. The van der Waals surface area contributed by atoms with Gasteiger partial charge in [0, 0.05) is 26.2 Å². The Hall–Kier alpha value is -3.53. The molecule has 0 spiro atoms. The van der Waals surface area contributed by atoms with Gasteiger partial charge >= 0.3 is 6.18 Å². The normalized spacial score (nSPS) is 16.3. The molecule has 222 valence electrons. The lowest BCUT2D eigenvalue weighted by molar-refractivity contribution is -0.136. The number of halogens is 4. The summed E-state index contributed by atoms with van der Waals surface area (Å²) in [7, 11) is 0. The minimum Gasteiger partial charge on any atom is -0.377 e. The van der Waals surface area contributed by atoms with Crippen LogP contribution < -0.4 is 21.1 Å². The van der Waals surface area contributed by atoms with Crippen LogP contribution in [0.2, 0.25) is 5.02 Å². The van der Waals surface area contributed by atoms with Crippen LogP contribution in [-0.2, 0) is 28.7 Å². The van der Waals surface area contributed by atoms with Crippen LogP contribution in [0, 0.1) is 0 Å². The maximum Gasteiger partial charge on any atom is 0.417 e. The van der Waals surface area contributed by atoms with E-state index in [1.54, 1.807) is 4.57 Å². The molecule has 11 nitrogen and oxygen atoms in total. The molecule has 1 saturated heterocycles. The molecule has 16 heteroatoms. The van der Waals surface area contributed by atoms with E-state index in [0.29, 0.717) is 69.4 Å². The lowest BCUT2D eigenvalue weighted by Gasteiger charge is -2.31. The number of hydrogen-bond donors (Lipinski definition) is 2. The molecular formula is C26H26ClF3N8O3S. The van der Waals surface area contributed by atoms with Crippen molar-refractivity contribution < 1.29 is 22.7 Å². The van der Waals surface area contributed by atoms with Gasteiger partial charge in [0.1, 0.15) is 17.7 Å². The maximum atomic E-state index is 13.8. The Morgan fingerprint density at radius 3 is 2.76 bits per heavy atom. The minimum atomic E-state index is -4.64. The average molecular weight is 623 g/mol. The van der Waals surface area contributed by atoms with Gasteiger partial charge in [-0.05, 0) is 24.5 Å². The largest absolute Gasteiger partial charge is 0.417 e. The first kappa shape index (κ1) is 28.6. The van der Waals surface area contributed by atoms with Gasteiger partial charge in [0.05, 0.1) is 45.4 Å². The molecule has 0 bridgehead atoms. The molecule has 0 radical (unpaired) electrons. The second-order valence-electron chi connectivity index (χ2n) is 9.84. The highest BCUT2D eigenvalue weighted by atomic mass is 35.5. The quantitative estimate of drug-likeness (QED) is 0.335. The molecule has 5 heterocycles. The molecule has 2 N–H and O–H groups in total. The summed E-state index contributed by atoms with van der Waals surface area (Å²) in [4.78, 5) is 38.1. The van der Waals surface area contributed by atoms with Crippen LogP contribution in [0.15, 0.2) is 22.4 Å². The van der Waals surface area contributed by atoms with E-state index >= 15 is 0 Å². The number of fused-ring (bicyclic) bond motifs is 2. The van der Waals surface area contributed by atoms with Crippen LogP contribution in [-0.4, -0.2) is 69.4 Å². The number of rotatable bonds is 6. The Bertz CT molecular complexity index is 1770. The standard InChI is InChI=1S/C26H26ClF3N8O3S/c1-2-17-21(36-7-5-31-6-8-36)24(40)38-25(34-23(35-38)14-3-9-41-10-4-14)37(17)12-18(39)33-19-16(27)11-15(26(28,29)30)22-20(19)32-13-42-22/h3,11,13,31H,2,4-10,12H2,1H3,(H,33,39). The van der Waals surface area contributed by atoms with Crippen LogP contribution in [0.25, 0.3) is 21.6 Å². The molecule has 3 aromatic heterocycles. The number of carbonyl (C=O) groups is 1. The van der Waals surface area contributed by atoms with Crippen molar-refractivity contribution in [1.82, 2.24) is 29.5 Å². The smallest absolute Gasteiger partial charge is 0.377 e. The van der Waals surface area contributed by atoms with Gasteiger partial charge in [0.15, 0.2) is 5.82 Å². The van der Waals surface area contributed by atoms with E-state index in [1.165, 1.54) is 10.0 Å². The third-order valence-electron chi connectivity index (χ3n) is 7.27. The Balaban J connectivity index is 1.45. The van der Waals surface area contributed by atoms with Crippen LogP contribution in [0.4, 0.5) is 24.5 Å². The summed E-state index contributed by atoms with van der Waals surface area (Å²) in [6.45, 7) is 5.05. The van der Waals surface area contributed by atoms with Gasteiger partial charge in [0.2, 0.25) is 11.7 Å². The Morgan fingerprint density at radius 2 is 2.07 bits per heavy atom. The van der Waals surface area contributed by atoms with Crippen molar-refractivity contribution in [3.05, 3.63) is 50.1 Å². The zero-order valence-corrected chi connectivity index (χ0v) is 24.0. The lowest BCUT2D eigenvalue weighted by Crippen LogP contribution is -2.47. The van der Waals surface area contributed by atoms with Gasteiger partial charge in [0.25, 0.3) is 5.56 Å². The number of hydrogen-bond acceptors (Lipinski definition) is 9. The first-order valence-corrected chi connectivity index (χ1v) is 14.6. The van der Waals surface area contributed by atoms with Crippen molar-refractivity contribution in [2.24, 2.45) is 0 Å². The van der Waals surface area contributed by atoms with E-state index in [9.17, 15) is 22.8 Å². The summed E-state index contributed by atoms with van der Waals surface area (Å²) < 4.78 is 49.0. The van der Waals surface area contributed by atoms with Gasteiger partial charge in [-0.25, -0.2) is 4.98 Å². The number of nitrogens with one attached hydrogen (secondary N) is 2. The summed E-state index contributed by atoms with van der Waals surface area (Å²) in [5.74, 6) is -0.0167. The van der Waals surface area contributed by atoms with E-state index in [4.69, 9.17) is 16.3 Å². The lowest BCUT2D eigenvalue weighted by atomic mass is 10.1. The Labute approximate surface area is 245 Å². The predicted molar refractivity (Wildman–Crippen MR) is 153 cm³/mol. The average Bonchev–Trinajstić information content (AvgIpc) is 3.65. The number of aromatic nitrogens is 5. The summed E-state index contributed by atoms with van der Waals surface area (Å²) in [6.07, 6.45) is -1.79. The summed E-state index contributed by atoms with van der Waals surface area (Å²) in [5, 5.41) is 10.2. The second-order valence-corrected chi connectivity index (χ2v) is 11.1. The van der Waals surface area contributed by atoms with Gasteiger partial charge in [-0.3, -0.25) is 9.59 Å². The fourth-order valence-electron chi connectivity index (χ4n) is 5.33. The number of anilines is 2. The molecule has 2 aliphatic rings. The summed E-state index contributed by atoms with van der Waals surface area (Å²) in [5.41, 5.74) is 1.83. The molecule has 0 saturated carbocycles. The molecule has 1 aromatic carbocycles. The fourth-order valence-corrected chi connectivity index (χ4v) is 6.41. The number of alkyl halides is 3. The van der Waals surface area contributed by atoms with Crippen molar-refractivity contribution >= 4 is 61.8 Å². The van der Waals surface area contributed by atoms with Crippen molar-refractivity contribution in [2.45, 2.75) is 32.5 Å². The molecule has 1 fully saturated rings. The molecule has 6 rings (SSSR count). The number of ether oxygens (including phenoxy) is 1. The number of carbonyl (C=O) groups excluding carboxylic acids is 1. The highest BCUT2D eigenvalue weighted by molar-refractivity contribution is 7.17. The molecular weight excluding hydrogens is 597 g/mol. The molecule has 1 amide bonds. The number of piperazine rings is 1. The number of amides is 1. The van der Waals surface area contributed by atoms with Crippen molar-refractivity contribution in [2.75, 3.05) is 49.6 Å². The molecule has 2 aliphatic heterocycles. The topological polar surface area (TPSA) is 119 Å². The van der Waals surface area contributed by atoms with Gasteiger partial charge in [-0.2, -0.15) is 22.7 Å². The maximum absolute atomic E-state index is 13.8. The van der Waals surface area contributed by atoms with Crippen molar-refractivity contribution in [1.29, 1.82) is 0 Å². The zero-order chi connectivity index (χ0) is 29.6. The van der Waals surface area contributed by atoms with E-state index in [-0.39, 0.29) is 38.8 Å². The van der Waals surface area contributed by atoms with E-state index in [1.807, 2.05) is 17.9 Å². The van der Waals surface area contributed by atoms with Crippen LogP contribution >= 0.6 is 22.9 Å². The van der Waals surface area contributed by atoms with Gasteiger partial charge < -0.3 is 24.8 Å². The van der Waals surface area contributed by atoms with Crippen LogP contribution in [0.1, 0.15) is 30.4 Å². The Kier molecular flexibility index (Phi) is 7.68. The minimum absolute atomic E-state index is 0.0159. The molecule has 0 atom stereocenters. The number of benzene rings is 1. The van der Waals surface area contributed by atoms with E-state index in [0.717, 1.165) is 23.0 Å². The zero-order valence-electron chi connectivity index (χ0n) is 22.4. The molecule has 4 aromatic rings. The van der Waals surface area contributed by atoms with Crippen molar-refractivity contribution in [3.8, 4) is 0 Å². The fraction of sp³-hybridized carbons (Fsp3) is 0.423. The summed E-state index contributed by atoms with van der Waals surface area (Å²) in [6, 6.07) is 0.793. The molecule has 42 heavy (non-hydrogen) atoms. The third-order valence-corrected chi connectivity index (χ3v) is 8.43. The first-order valence-electron chi connectivity index (χ1n) is 13.3. The van der Waals surface area contributed by atoms with Gasteiger partial charge in [-0.15, -0.1) is 16.4 Å². The Morgan fingerprint density at radius 1 is 1.29 bits per heavy atom. The van der Waals surface area contributed by atoms with Crippen molar-refractivity contribution in [3.63, 3.8) is 0 Å². The molecule has 0 unspecified atom stereocenters. The van der Waals surface area contributed by atoms with Crippen LogP contribution in [0.3, 0.4) is 0 Å². The third kappa shape index (κ3) is 5.14. The van der Waals surface area contributed by atoms with E-state index < -0.39 is 17.6 Å². The second kappa shape index (κ2) is 11.3. The SMILES string of the molecule is CCc1c(N2CCNCC2)c(=O)n2nc(C3=CCOCC3)nc2n1CC(=O)Nc1c(Cl)cc(C(F)(F)F)c2scnc12. The number of nitrogens with zero attached hydrogens (tertiary/aromatic N) is 6. The highest BCUT2D eigenvalue weighted by Gasteiger charge is 2.35. The number of thiazole rings is 1. The highest BCUT2D eigenvalue weighted by Crippen LogP contribution is 2.42. The summed E-state index contributed by atoms with van der Waals surface area (Å²) >= 11 is 7.07. The van der Waals surface area contributed by atoms with E-state index in [2.05, 4.69) is 25.7 Å². The first-order chi connectivity index (χ1) is 20.2. The monoisotopic (exact) mass is 622 g/mol. The molecule has 0 aliphatic carbocycles.